The summed E-state index contributed by atoms with van der Waals surface area (Å²) < 4.78 is 24.1. The summed E-state index contributed by atoms with van der Waals surface area (Å²) in [6.07, 6.45) is 0. The van der Waals surface area contributed by atoms with Crippen molar-refractivity contribution in [2.24, 2.45) is 0 Å². The van der Waals surface area contributed by atoms with Crippen LogP contribution in [0.15, 0.2) is 36.4 Å². The molecule has 1 N–H and O–H groups in total. The van der Waals surface area contributed by atoms with Crippen molar-refractivity contribution in [2.45, 2.75) is 12.6 Å². The topological polar surface area (TPSA) is 33.7 Å². The summed E-state index contributed by atoms with van der Waals surface area (Å²) in [5, 5.41) is 3.91. The van der Waals surface area contributed by atoms with Crippen LogP contribution in [0.5, 0.6) is 11.5 Å². The van der Waals surface area contributed by atoms with E-state index in [1.807, 2.05) is 32.3 Å². The maximum absolute atomic E-state index is 13.5. The van der Waals surface area contributed by atoms with E-state index in [-0.39, 0.29) is 11.9 Å². The Morgan fingerprint density at radius 2 is 1.92 bits per heavy atom. The summed E-state index contributed by atoms with van der Waals surface area (Å²) in [4.78, 5) is 2.06. The smallest absolute Gasteiger partial charge is 0.179 e. The van der Waals surface area contributed by atoms with E-state index in [2.05, 4.69) is 10.2 Å². The monoisotopic (exact) mass is 366 g/mol. The van der Waals surface area contributed by atoms with Crippen LogP contribution < -0.4 is 14.8 Å². The highest BCUT2D eigenvalue weighted by molar-refractivity contribution is 6.32. The van der Waals surface area contributed by atoms with Crippen LogP contribution in [0.25, 0.3) is 0 Å². The van der Waals surface area contributed by atoms with Crippen molar-refractivity contribution >= 4 is 11.6 Å². The number of rotatable bonds is 8. The Kier molecular flexibility index (Phi) is 7.05. The minimum atomic E-state index is -0.226. The molecule has 25 heavy (non-hydrogen) atoms. The van der Waals surface area contributed by atoms with Crippen LogP contribution >= 0.6 is 11.6 Å². The molecule has 0 unspecified atom stereocenters. The molecule has 0 aliphatic carbocycles. The number of likely N-dealkylation sites (N-methyl/N-ethyl adjacent to an activating group) is 1. The Bertz CT molecular complexity index is 710. The number of nitrogens with zero attached hydrogens (tertiary/aromatic N) is 1. The molecule has 0 amide bonds. The molecule has 2 aromatic rings. The van der Waals surface area contributed by atoms with Crippen molar-refractivity contribution in [3.63, 3.8) is 0 Å². The highest BCUT2D eigenvalue weighted by Crippen LogP contribution is 2.36. The molecule has 0 radical (unpaired) electrons. The van der Waals surface area contributed by atoms with Gasteiger partial charge in [0.15, 0.2) is 11.5 Å². The van der Waals surface area contributed by atoms with Crippen molar-refractivity contribution in [3.8, 4) is 11.5 Å². The molecule has 0 spiro atoms. The molecule has 0 aliphatic heterocycles. The molecule has 2 rings (SSSR count). The molecule has 2 aromatic carbocycles. The molecule has 0 fully saturated rings. The predicted octanol–water partition coefficient (Wildman–Crippen LogP) is 3.89. The summed E-state index contributed by atoms with van der Waals surface area (Å²) in [6.45, 7) is 1.28. The van der Waals surface area contributed by atoms with E-state index < -0.39 is 0 Å². The molecule has 4 nitrogen and oxygen atoms in total. The van der Waals surface area contributed by atoms with Crippen LogP contribution in [0.4, 0.5) is 4.39 Å². The molecule has 0 saturated heterocycles. The number of hydrogen-bond acceptors (Lipinski definition) is 4. The first-order valence-electron chi connectivity index (χ1n) is 7.99. The Morgan fingerprint density at radius 3 is 2.52 bits per heavy atom. The maximum atomic E-state index is 13.5. The van der Waals surface area contributed by atoms with E-state index >= 15 is 0 Å². The first kappa shape index (κ1) is 19.5. The number of benzene rings is 2. The van der Waals surface area contributed by atoms with Crippen LogP contribution in [0.1, 0.15) is 17.2 Å². The minimum Gasteiger partial charge on any atom is -0.493 e. The fourth-order valence-corrected chi connectivity index (χ4v) is 3.05. The lowest BCUT2D eigenvalue weighted by atomic mass is 10.1. The zero-order valence-electron chi connectivity index (χ0n) is 15.0. The van der Waals surface area contributed by atoms with Crippen LogP contribution in [-0.2, 0) is 6.54 Å². The van der Waals surface area contributed by atoms with Crippen molar-refractivity contribution < 1.29 is 13.9 Å². The zero-order valence-corrected chi connectivity index (χ0v) is 15.7. The van der Waals surface area contributed by atoms with Gasteiger partial charge in [-0.3, -0.25) is 0 Å². The Morgan fingerprint density at radius 1 is 1.16 bits per heavy atom. The highest BCUT2D eigenvalue weighted by atomic mass is 35.5. The summed E-state index contributed by atoms with van der Waals surface area (Å²) >= 11 is 6.24. The zero-order chi connectivity index (χ0) is 18.4. The van der Waals surface area contributed by atoms with Gasteiger partial charge in [0.05, 0.1) is 19.2 Å². The summed E-state index contributed by atoms with van der Waals surface area (Å²) in [5.41, 5.74) is 1.92. The summed E-state index contributed by atoms with van der Waals surface area (Å²) in [6, 6.07) is 10.5. The Hall–Kier alpha value is -1.82. The number of ether oxygens (including phenoxy) is 2. The van der Waals surface area contributed by atoms with Gasteiger partial charge in [-0.1, -0.05) is 23.7 Å². The third-order valence-corrected chi connectivity index (χ3v) is 4.30. The third kappa shape index (κ3) is 5.08. The molecule has 0 aromatic heterocycles. The second kappa shape index (κ2) is 9.04. The number of nitrogens with one attached hydrogen (secondary N) is 1. The van der Waals surface area contributed by atoms with Crippen LogP contribution in [-0.4, -0.2) is 39.8 Å². The van der Waals surface area contributed by atoms with Crippen molar-refractivity contribution in [1.82, 2.24) is 10.2 Å². The molecule has 6 heteroatoms. The number of halogens is 2. The van der Waals surface area contributed by atoms with E-state index in [0.717, 1.165) is 11.1 Å². The van der Waals surface area contributed by atoms with Gasteiger partial charge in [0.1, 0.15) is 5.82 Å². The predicted molar refractivity (Wildman–Crippen MR) is 99.1 cm³/mol. The summed E-state index contributed by atoms with van der Waals surface area (Å²) in [5.74, 6) is 0.899. The van der Waals surface area contributed by atoms with Gasteiger partial charge >= 0.3 is 0 Å². The van der Waals surface area contributed by atoms with Gasteiger partial charge in [-0.15, -0.1) is 0 Å². The largest absolute Gasteiger partial charge is 0.493 e. The molecular weight excluding hydrogens is 343 g/mol. The summed E-state index contributed by atoms with van der Waals surface area (Å²) in [7, 11) is 7.09. The number of hydrogen-bond donors (Lipinski definition) is 1. The van der Waals surface area contributed by atoms with Gasteiger partial charge < -0.3 is 19.7 Å². The first-order valence-corrected chi connectivity index (χ1v) is 8.37. The average molecular weight is 367 g/mol. The minimum absolute atomic E-state index is 0.0614. The lowest BCUT2D eigenvalue weighted by Gasteiger charge is -2.25. The molecule has 0 saturated carbocycles. The fourth-order valence-electron chi connectivity index (χ4n) is 2.74. The normalized spacial score (nSPS) is 12.3. The molecular formula is C19H24ClFN2O2. The van der Waals surface area contributed by atoms with E-state index in [4.69, 9.17) is 21.1 Å². The lowest BCUT2D eigenvalue weighted by molar-refractivity contribution is 0.287. The molecule has 136 valence electrons. The van der Waals surface area contributed by atoms with Crippen LogP contribution in [0.3, 0.4) is 0 Å². The molecule has 0 aliphatic rings. The van der Waals surface area contributed by atoms with E-state index in [1.165, 1.54) is 6.07 Å². The lowest BCUT2D eigenvalue weighted by Crippen LogP contribution is -2.30. The van der Waals surface area contributed by atoms with Gasteiger partial charge in [-0.2, -0.15) is 0 Å². The quantitative estimate of drug-likeness (QED) is 0.768. The standard InChI is InChI=1S/C19H24ClFN2O2/c1-23(2)17(14-6-5-7-15(21)10-14)12-22-11-13-8-16(20)19(25-4)18(9-13)24-3/h5-10,17,22H,11-12H2,1-4H3/t17-/m1/s1. The highest BCUT2D eigenvalue weighted by Gasteiger charge is 2.15. The molecule has 0 heterocycles. The van der Waals surface area contributed by atoms with Gasteiger partial charge in [-0.05, 0) is 49.5 Å². The second-order valence-electron chi connectivity index (χ2n) is 5.98. The van der Waals surface area contributed by atoms with Gasteiger partial charge in [0.25, 0.3) is 0 Å². The van der Waals surface area contributed by atoms with Gasteiger partial charge in [-0.25, -0.2) is 4.39 Å². The second-order valence-corrected chi connectivity index (χ2v) is 6.39. The van der Waals surface area contributed by atoms with Crippen molar-refractivity contribution in [1.29, 1.82) is 0 Å². The number of methoxy groups -OCH3 is 2. The molecule has 1 atom stereocenters. The Labute approximate surface area is 153 Å². The fraction of sp³-hybridized carbons (Fsp3) is 0.368. The van der Waals surface area contributed by atoms with Crippen LogP contribution in [0.2, 0.25) is 5.02 Å². The maximum Gasteiger partial charge on any atom is 0.179 e. The SMILES string of the molecule is COc1cc(CNC[C@H](c2cccc(F)c2)N(C)C)cc(Cl)c1OC. The molecule has 0 bridgehead atoms. The first-order chi connectivity index (χ1) is 12.0. The van der Waals surface area contributed by atoms with Gasteiger partial charge in [0, 0.05) is 19.1 Å². The van der Waals surface area contributed by atoms with Crippen molar-refractivity contribution in [3.05, 3.63) is 58.4 Å². The van der Waals surface area contributed by atoms with Crippen LogP contribution in [0, 0.1) is 5.82 Å². The van der Waals surface area contributed by atoms with E-state index in [1.54, 1.807) is 26.4 Å². The van der Waals surface area contributed by atoms with Crippen molar-refractivity contribution in [2.75, 3.05) is 34.9 Å². The van der Waals surface area contributed by atoms with E-state index in [9.17, 15) is 4.39 Å². The third-order valence-electron chi connectivity index (χ3n) is 4.02. The Balaban J connectivity index is 2.06. The van der Waals surface area contributed by atoms with Gasteiger partial charge in [0.2, 0.25) is 0 Å². The van der Waals surface area contributed by atoms with E-state index in [0.29, 0.717) is 29.6 Å². The average Bonchev–Trinajstić information content (AvgIpc) is 2.57.